The van der Waals surface area contributed by atoms with Gasteiger partial charge in [-0.05, 0) is 26.0 Å². The maximum atomic E-state index is 12.6. The third-order valence-corrected chi connectivity index (χ3v) is 4.27. The molecule has 0 saturated carbocycles. The van der Waals surface area contributed by atoms with E-state index in [1.165, 1.54) is 0 Å². The molecule has 6 heteroatoms. The molecule has 1 amide bonds. The molecule has 3 rings (SSSR count). The molecule has 132 valence electrons. The van der Waals surface area contributed by atoms with Crippen LogP contribution in [0.2, 0.25) is 0 Å². The van der Waals surface area contributed by atoms with E-state index in [-0.39, 0.29) is 12.0 Å². The number of para-hydroxylation sites is 1. The van der Waals surface area contributed by atoms with Gasteiger partial charge in [-0.3, -0.25) is 4.79 Å². The zero-order valence-electron chi connectivity index (χ0n) is 14.9. The van der Waals surface area contributed by atoms with E-state index < -0.39 is 0 Å². The summed E-state index contributed by atoms with van der Waals surface area (Å²) in [5, 5.41) is 0. The highest BCUT2D eigenvalue weighted by atomic mass is 16.5. The summed E-state index contributed by atoms with van der Waals surface area (Å²) < 4.78 is 11.2. The Hall–Kier alpha value is -2.63. The number of aryl methyl sites for hydroxylation is 2. The molecule has 2 heterocycles. The van der Waals surface area contributed by atoms with Gasteiger partial charge in [-0.15, -0.1) is 0 Å². The molecule has 1 aromatic carbocycles. The Morgan fingerprint density at radius 2 is 1.96 bits per heavy atom. The van der Waals surface area contributed by atoms with Crippen LogP contribution in [0.3, 0.4) is 0 Å². The van der Waals surface area contributed by atoms with Crippen molar-refractivity contribution < 1.29 is 14.3 Å². The summed E-state index contributed by atoms with van der Waals surface area (Å²) in [6, 6.07) is 9.90. The highest BCUT2D eigenvalue weighted by Gasteiger charge is 2.28. The molecule has 25 heavy (non-hydrogen) atoms. The quantitative estimate of drug-likeness (QED) is 0.835. The predicted molar refractivity (Wildman–Crippen MR) is 93.8 cm³/mol. The number of carbonyl (C=O) groups is 1. The molecule has 0 spiro atoms. The van der Waals surface area contributed by atoms with E-state index in [1.807, 2.05) is 49.1 Å². The lowest BCUT2D eigenvalue weighted by Crippen LogP contribution is -2.32. The first-order valence-corrected chi connectivity index (χ1v) is 8.44. The maximum absolute atomic E-state index is 12.6. The zero-order chi connectivity index (χ0) is 17.8. The second kappa shape index (κ2) is 7.51. The summed E-state index contributed by atoms with van der Waals surface area (Å²) in [5.41, 5.74) is 2.66. The van der Waals surface area contributed by atoms with Gasteiger partial charge in [-0.1, -0.05) is 18.2 Å². The summed E-state index contributed by atoms with van der Waals surface area (Å²) in [6.45, 7) is 5.08. The van der Waals surface area contributed by atoms with Crippen LogP contribution < -0.4 is 9.47 Å². The Bertz CT molecular complexity index is 743. The Morgan fingerprint density at radius 1 is 1.24 bits per heavy atom. The SMILES string of the molecule is COc1ccccc1CC(=O)N1CC[C@@H](Oc2nc(C)cc(C)n2)C1. The molecular formula is C19H23N3O3. The minimum atomic E-state index is -0.0668. The predicted octanol–water partition coefficient (Wildman–Crippen LogP) is 2.32. The van der Waals surface area contributed by atoms with Crippen molar-refractivity contribution in [3.05, 3.63) is 47.3 Å². The lowest BCUT2D eigenvalue weighted by molar-refractivity contribution is -0.129. The lowest BCUT2D eigenvalue weighted by Gasteiger charge is -2.17. The van der Waals surface area contributed by atoms with Crippen LogP contribution in [0.25, 0.3) is 0 Å². The molecule has 0 radical (unpaired) electrons. The first-order valence-electron chi connectivity index (χ1n) is 8.44. The Balaban J connectivity index is 1.59. The third-order valence-electron chi connectivity index (χ3n) is 4.27. The molecule has 0 bridgehead atoms. The molecular weight excluding hydrogens is 318 g/mol. The topological polar surface area (TPSA) is 64.5 Å². The van der Waals surface area contributed by atoms with Gasteiger partial charge in [0.2, 0.25) is 5.91 Å². The Morgan fingerprint density at radius 3 is 2.68 bits per heavy atom. The molecule has 0 N–H and O–H groups in total. The minimum Gasteiger partial charge on any atom is -0.496 e. The molecule has 1 aliphatic rings. The number of hydrogen-bond acceptors (Lipinski definition) is 5. The van der Waals surface area contributed by atoms with Gasteiger partial charge in [0.05, 0.1) is 20.1 Å². The van der Waals surface area contributed by atoms with Crippen molar-refractivity contribution in [3.63, 3.8) is 0 Å². The van der Waals surface area contributed by atoms with Crippen LogP contribution in [0, 0.1) is 13.8 Å². The molecule has 0 unspecified atom stereocenters. The van der Waals surface area contributed by atoms with Crippen LogP contribution in [-0.2, 0) is 11.2 Å². The second-order valence-electron chi connectivity index (χ2n) is 6.29. The zero-order valence-corrected chi connectivity index (χ0v) is 14.9. The van der Waals surface area contributed by atoms with Crippen LogP contribution in [0.15, 0.2) is 30.3 Å². The first kappa shape index (κ1) is 17.2. The monoisotopic (exact) mass is 341 g/mol. The van der Waals surface area contributed by atoms with Gasteiger partial charge in [0.1, 0.15) is 11.9 Å². The summed E-state index contributed by atoms with van der Waals surface area (Å²) in [6.07, 6.45) is 1.05. The van der Waals surface area contributed by atoms with Crippen molar-refractivity contribution in [2.24, 2.45) is 0 Å². The van der Waals surface area contributed by atoms with E-state index in [2.05, 4.69) is 9.97 Å². The van der Waals surface area contributed by atoms with Crippen molar-refractivity contribution in [2.45, 2.75) is 32.8 Å². The molecule has 0 aliphatic carbocycles. The van der Waals surface area contributed by atoms with Gasteiger partial charge in [0.15, 0.2) is 0 Å². The number of carbonyl (C=O) groups excluding carboxylic acids is 1. The van der Waals surface area contributed by atoms with Gasteiger partial charge in [-0.2, -0.15) is 0 Å². The molecule has 6 nitrogen and oxygen atoms in total. The fourth-order valence-corrected chi connectivity index (χ4v) is 3.07. The molecule has 1 saturated heterocycles. The maximum Gasteiger partial charge on any atom is 0.317 e. The van der Waals surface area contributed by atoms with Crippen LogP contribution in [0.5, 0.6) is 11.8 Å². The second-order valence-corrected chi connectivity index (χ2v) is 6.29. The average Bonchev–Trinajstić information content (AvgIpc) is 3.03. The fraction of sp³-hybridized carbons (Fsp3) is 0.421. The summed E-state index contributed by atoms with van der Waals surface area (Å²) >= 11 is 0. The van der Waals surface area contributed by atoms with E-state index in [1.54, 1.807) is 7.11 Å². The fourth-order valence-electron chi connectivity index (χ4n) is 3.07. The van der Waals surface area contributed by atoms with Crippen molar-refractivity contribution in [1.82, 2.24) is 14.9 Å². The van der Waals surface area contributed by atoms with Crippen molar-refractivity contribution in [1.29, 1.82) is 0 Å². The number of likely N-dealkylation sites (tertiary alicyclic amines) is 1. The highest BCUT2D eigenvalue weighted by molar-refractivity contribution is 5.79. The van der Waals surface area contributed by atoms with E-state index >= 15 is 0 Å². The number of benzene rings is 1. The summed E-state index contributed by atoms with van der Waals surface area (Å²) in [4.78, 5) is 23.0. The molecule has 1 atom stereocenters. The molecule has 1 aliphatic heterocycles. The number of methoxy groups -OCH3 is 1. The standard InChI is InChI=1S/C19H23N3O3/c1-13-10-14(2)21-19(20-13)25-16-8-9-22(12-16)18(23)11-15-6-4-5-7-17(15)24-3/h4-7,10,16H,8-9,11-12H2,1-3H3/t16-/m1/s1. The number of hydrogen-bond donors (Lipinski definition) is 0. The molecule has 1 aromatic heterocycles. The van der Waals surface area contributed by atoms with Gasteiger partial charge < -0.3 is 14.4 Å². The molecule has 2 aromatic rings. The average molecular weight is 341 g/mol. The van der Waals surface area contributed by atoms with E-state index in [0.717, 1.165) is 29.1 Å². The van der Waals surface area contributed by atoms with Crippen molar-refractivity contribution in [3.8, 4) is 11.8 Å². The number of aromatic nitrogens is 2. The third kappa shape index (κ3) is 4.26. The van der Waals surface area contributed by atoms with Crippen molar-refractivity contribution in [2.75, 3.05) is 20.2 Å². The normalized spacial score (nSPS) is 16.8. The van der Waals surface area contributed by atoms with Crippen molar-refractivity contribution >= 4 is 5.91 Å². The minimum absolute atomic E-state index is 0.0668. The lowest BCUT2D eigenvalue weighted by atomic mass is 10.1. The summed E-state index contributed by atoms with van der Waals surface area (Å²) in [7, 11) is 1.62. The van der Waals surface area contributed by atoms with E-state index in [4.69, 9.17) is 9.47 Å². The van der Waals surface area contributed by atoms with Crippen LogP contribution in [-0.4, -0.2) is 47.1 Å². The van der Waals surface area contributed by atoms with Gasteiger partial charge >= 0.3 is 6.01 Å². The van der Waals surface area contributed by atoms with Crippen LogP contribution >= 0.6 is 0 Å². The number of amides is 1. The smallest absolute Gasteiger partial charge is 0.317 e. The van der Waals surface area contributed by atoms with E-state index in [9.17, 15) is 4.79 Å². The summed E-state index contributed by atoms with van der Waals surface area (Å²) in [5.74, 6) is 0.823. The Labute approximate surface area is 147 Å². The Kier molecular flexibility index (Phi) is 5.16. The highest BCUT2D eigenvalue weighted by Crippen LogP contribution is 2.21. The first-order chi connectivity index (χ1) is 12.0. The number of nitrogens with zero attached hydrogens (tertiary/aromatic N) is 3. The van der Waals surface area contributed by atoms with Gasteiger partial charge in [0, 0.05) is 29.9 Å². The van der Waals surface area contributed by atoms with Gasteiger partial charge in [0.25, 0.3) is 0 Å². The van der Waals surface area contributed by atoms with Gasteiger partial charge in [-0.25, -0.2) is 9.97 Å². The van der Waals surface area contributed by atoms with E-state index in [0.29, 0.717) is 25.5 Å². The van der Waals surface area contributed by atoms with Crippen LogP contribution in [0.1, 0.15) is 23.4 Å². The number of rotatable bonds is 5. The molecule has 1 fully saturated rings. The largest absolute Gasteiger partial charge is 0.496 e. The van der Waals surface area contributed by atoms with Crippen LogP contribution in [0.4, 0.5) is 0 Å². The number of ether oxygens (including phenoxy) is 2.